The average molecular weight is 381 g/mol. The SMILES string of the molecule is CCS(=O)(=O)N1CCC(C(=O)N(C)Cc2ccc(C(=O)NC)cc2)CC1. The fourth-order valence-electron chi connectivity index (χ4n) is 3.13. The number of amides is 2. The molecule has 0 aliphatic carbocycles. The Kier molecular flexibility index (Phi) is 6.77. The summed E-state index contributed by atoms with van der Waals surface area (Å²) < 4.78 is 25.3. The van der Waals surface area contributed by atoms with Crippen LogP contribution >= 0.6 is 0 Å². The summed E-state index contributed by atoms with van der Waals surface area (Å²) in [5.74, 6) is -0.158. The lowest BCUT2D eigenvalue weighted by Gasteiger charge is -2.32. The van der Waals surface area contributed by atoms with Gasteiger partial charge < -0.3 is 10.2 Å². The normalized spacial score (nSPS) is 16.3. The van der Waals surface area contributed by atoms with E-state index in [1.165, 1.54) is 4.31 Å². The van der Waals surface area contributed by atoms with Gasteiger partial charge in [-0.3, -0.25) is 9.59 Å². The summed E-state index contributed by atoms with van der Waals surface area (Å²) in [6, 6.07) is 7.15. The Labute approximate surface area is 155 Å². The van der Waals surface area contributed by atoms with Crippen molar-refractivity contribution in [3.05, 3.63) is 35.4 Å². The zero-order valence-corrected chi connectivity index (χ0v) is 16.4. The maximum absolute atomic E-state index is 12.6. The van der Waals surface area contributed by atoms with Crippen molar-refractivity contribution in [3.8, 4) is 0 Å². The van der Waals surface area contributed by atoms with E-state index in [2.05, 4.69) is 5.32 Å². The monoisotopic (exact) mass is 381 g/mol. The fraction of sp³-hybridized carbons (Fsp3) is 0.556. The van der Waals surface area contributed by atoms with Crippen molar-refractivity contribution < 1.29 is 18.0 Å². The standard InChI is InChI=1S/C18H27N3O4S/c1-4-26(24,25)21-11-9-16(10-12-21)18(23)20(3)13-14-5-7-15(8-6-14)17(22)19-2/h5-8,16H,4,9-13H2,1-3H3,(H,19,22). The molecule has 0 unspecified atom stereocenters. The van der Waals surface area contributed by atoms with Crippen LogP contribution in [0.15, 0.2) is 24.3 Å². The molecule has 1 aliphatic rings. The molecule has 0 atom stereocenters. The number of hydrogen-bond acceptors (Lipinski definition) is 4. The Bertz CT molecular complexity index is 738. The van der Waals surface area contributed by atoms with Gasteiger partial charge >= 0.3 is 0 Å². The molecule has 0 saturated carbocycles. The highest BCUT2D eigenvalue weighted by Gasteiger charge is 2.31. The number of hydrogen-bond donors (Lipinski definition) is 1. The summed E-state index contributed by atoms with van der Waals surface area (Å²) in [4.78, 5) is 25.9. The van der Waals surface area contributed by atoms with Crippen LogP contribution in [0, 0.1) is 5.92 Å². The van der Waals surface area contributed by atoms with Gasteiger partial charge in [0.2, 0.25) is 15.9 Å². The summed E-state index contributed by atoms with van der Waals surface area (Å²) in [7, 11) is 0.160. The van der Waals surface area contributed by atoms with Gasteiger partial charge in [-0.2, -0.15) is 0 Å². The van der Waals surface area contributed by atoms with Gasteiger partial charge in [-0.05, 0) is 37.5 Å². The topological polar surface area (TPSA) is 86.8 Å². The lowest BCUT2D eigenvalue weighted by atomic mass is 9.96. The molecule has 1 heterocycles. The second-order valence-corrected chi connectivity index (χ2v) is 8.80. The summed E-state index contributed by atoms with van der Waals surface area (Å²) in [5.41, 5.74) is 1.52. The molecule has 7 nitrogen and oxygen atoms in total. The maximum atomic E-state index is 12.6. The number of benzene rings is 1. The van der Waals surface area contributed by atoms with Crippen LogP contribution in [0.4, 0.5) is 0 Å². The molecular formula is C18H27N3O4S. The Balaban J connectivity index is 1.91. The second-order valence-electron chi connectivity index (χ2n) is 6.54. The summed E-state index contributed by atoms with van der Waals surface area (Å²) in [6.07, 6.45) is 1.11. The molecule has 8 heteroatoms. The molecule has 1 aromatic carbocycles. The van der Waals surface area contributed by atoms with Crippen molar-refractivity contribution in [3.63, 3.8) is 0 Å². The van der Waals surface area contributed by atoms with Crippen LogP contribution in [0.2, 0.25) is 0 Å². The van der Waals surface area contributed by atoms with Crippen LogP contribution in [0.25, 0.3) is 0 Å². The lowest BCUT2D eigenvalue weighted by Crippen LogP contribution is -2.43. The van der Waals surface area contributed by atoms with Crippen molar-refractivity contribution in [1.29, 1.82) is 0 Å². The van der Waals surface area contributed by atoms with Gasteiger partial charge in [0.1, 0.15) is 0 Å². The Hall–Kier alpha value is -1.93. The van der Waals surface area contributed by atoms with E-state index in [1.54, 1.807) is 38.1 Å². The van der Waals surface area contributed by atoms with Crippen molar-refractivity contribution in [2.75, 3.05) is 32.9 Å². The molecule has 1 aliphatic heterocycles. The molecule has 1 saturated heterocycles. The van der Waals surface area contributed by atoms with Gasteiger partial charge in [-0.25, -0.2) is 12.7 Å². The first-order valence-electron chi connectivity index (χ1n) is 8.82. The summed E-state index contributed by atoms with van der Waals surface area (Å²) in [5, 5.41) is 2.57. The maximum Gasteiger partial charge on any atom is 0.251 e. The molecule has 0 aromatic heterocycles. The number of rotatable bonds is 6. The van der Waals surface area contributed by atoms with Crippen molar-refractivity contribution in [1.82, 2.24) is 14.5 Å². The first kappa shape index (κ1) is 20.4. The molecule has 2 rings (SSSR count). The minimum absolute atomic E-state index is 0.0360. The van der Waals surface area contributed by atoms with E-state index < -0.39 is 10.0 Å². The third kappa shape index (κ3) is 4.82. The van der Waals surface area contributed by atoms with E-state index in [1.807, 2.05) is 12.1 Å². The Morgan fingerprint density at radius 1 is 1.19 bits per heavy atom. The van der Waals surface area contributed by atoms with Crippen LogP contribution < -0.4 is 5.32 Å². The zero-order chi connectivity index (χ0) is 19.3. The molecular weight excluding hydrogens is 354 g/mol. The predicted octanol–water partition coefficient (Wildman–Crippen LogP) is 1.07. The first-order chi connectivity index (χ1) is 12.3. The number of sulfonamides is 1. The van der Waals surface area contributed by atoms with Gasteiger partial charge in [-0.15, -0.1) is 0 Å². The van der Waals surface area contributed by atoms with E-state index in [0.29, 0.717) is 38.0 Å². The minimum atomic E-state index is -3.18. The number of nitrogens with one attached hydrogen (secondary N) is 1. The van der Waals surface area contributed by atoms with Crippen LogP contribution in [0.1, 0.15) is 35.7 Å². The molecule has 0 radical (unpaired) electrons. The molecule has 0 bridgehead atoms. The fourth-order valence-corrected chi connectivity index (χ4v) is 4.27. The van der Waals surface area contributed by atoms with Crippen LogP contribution in [-0.4, -0.2) is 62.4 Å². The molecule has 1 N–H and O–H groups in total. The molecule has 2 amide bonds. The highest BCUT2D eigenvalue weighted by atomic mass is 32.2. The van der Waals surface area contributed by atoms with E-state index >= 15 is 0 Å². The van der Waals surface area contributed by atoms with Gasteiger partial charge in [0.15, 0.2) is 0 Å². The quantitative estimate of drug-likeness (QED) is 0.798. The Morgan fingerprint density at radius 2 is 1.77 bits per heavy atom. The number of carbonyl (C=O) groups is 2. The van der Waals surface area contributed by atoms with Crippen LogP contribution in [-0.2, 0) is 21.4 Å². The van der Waals surface area contributed by atoms with Gasteiger partial charge in [0.25, 0.3) is 5.91 Å². The molecule has 0 spiro atoms. The molecule has 26 heavy (non-hydrogen) atoms. The number of nitrogens with zero attached hydrogens (tertiary/aromatic N) is 2. The molecule has 144 valence electrons. The van der Waals surface area contributed by atoms with Crippen LogP contribution in [0.5, 0.6) is 0 Å². The number of piperidine rings is 1. The first-order valence-corrected chi connectivity index (χ1v) is 10.4. The largest absolute Gasteiger partial charge is 0.355 e. The third-order valence-electron chi connectivity index (χ3n) is 4.80. The smallest absolute Gasteiger partial charge is 0.251 e. The van der Waals surface area contributed by atoms with Gasteiger partial charge in [0.05, 0.1) is 5.75 Å². The number of carbonyl (C=O) groups excluding carboxylic acids is 2. The molecule has 1 fully saturated rings. The van der Waals surface area contributed by atoms with E-state index in [9.17, 15) is 18.0 Å². The van der Waals surface area contributed by atoms with Crippen molar-refractivity contribution in [2.24, 2.45) is 5.92 Å². The summed E-state index contributed by atoms with van der Waals surface area (Å²) >= 11 is 0. The Morgan fingerprint density at radius 3 is 2.27 bits per heavy atom. The lowest BCUT2D eigenvalue weighted by molar-refractivity contribution is -0.135. The van der Waals surface area contributed by atoms with Crippen LogP contribution in [0.3, 0.4) is 0 Å². The van der Waals surface area contributed by atoms with E-state index in [-0.39, 0.29) is 23.5 Å². The predicted molar refractivity (Wildman–Crippen MR) is 100 cm³/mol. The van der Waals surface area contributed by atoms with Gasteiger partial charge in [-0.1, -0.05) is 12.1 Å². The second kappa shape index (κ2) is 8.64. The average Bonchev–Trinajstić information content (AvgIpc) is 2.67. The minimum Gasteiger partial charge on any atom is -0.355 e. The van der Waals surface area contributed by atoms with E-state index in [4.69, 9.17) is 0 Å². The summed E-state index contributed by atoms with van der Waals surface area (Å²) in [6.45, 7) is 2.90. The third-order valence-corrected chi connectivity index (χ3v) is 6.68. The van der Waals surface area contributed by atoms with Crippen molar-refractivity contribution >= 4 is 21.8 Å². The van der Waals surface area contributed by atoms with E-state index in [0.717, 1.165) is 5.56 Å². The molecule has 1 aromatic rings. The van der Waals surface area contributed by atoms with Gasteiger partial charge in [0, 0.05) is 45.2 Å². The highest BCUT2D eigenvalue weighted by Crippen LogP contribution is 2.22. The zero-order valence-electron chi connectivity index (χ0n) is 15.6. The highest BCUT2D eigenvalue weighted by molar-refractivity contribution is 7.89. The van der Waals surface area contributed by atoms with Crippen molar-refractivity contribution in [2.45, 2.75) is 26.3 Å².